The fourth-order valence-corrected chi connectivity index (χ4v) is 2.73. The van der Waals surface area contributed by atoms with Gasteiger partial charge in [-0.05, 0) is 30.5 Å². The highest BCUT2D eigenvalue weighted by Gasteiger charge is 2.23. The van der Waals surface area contributed by atoms with Crippen LogP contribution < -0.4 is 4.90 Å². The van der Waals surface area contributed by atoms with Gasteiger partial charge in [0, 0.05) is 18.7 Å². The predicted molar refractivity (Wildman–Crippen MR) is 76.4 cm³/mol. The third kappa shape index (κ3) is 2.61. The van der Waals surface area contributed by atoms with E-state index in [1.165, 1.54) is 0 Å². The van der Waals surface area contributed by atoms with E-state index < -0.39 is 5.97 Å². The van der Waals surface area contributed by atoms with Crippen LogP contribution in [0, 0.1) is 0 Å². The first-order chi connectivity index (χ1) is 10.2. The number of carboxylic acid groups (broad SMARTS) is 1. The van der Waals surface area contributed by atoms with Crippen molar-refractivity contribution in [2.45, 2.75) is 32.7 Å². The molecule has 0 saturated heterocycles. The van der Waals surface area contributed by atoms with Crippen LogP contribution in [0.15, 0.2) is 22.7 Å². The monoisotopic (exact) mass is 287 g/mol. The molecular formula is C15H17N3O3. The van der Waals surface area contributed by atoms with Gasteiger partial charge >= 0.3 is 5.97 Å². The molecular weight excluding hydrogens is 270 g/mol. The molecule has 6 heteroatoms. The maximum Gasteiger partial charge on any atom is 0.336 e. The van der Waals surface area contributed by atoms with Crippen molar-refractivity contribution in [3.05, 3.63) is 41.0 Å². The van der Waals surface area contributed by atoms with E-state index in [1.807, 2.05) is 13.0 Å². The Bertz CT molecular complexity index is 666. The van der Waals surface area contributed by atoms with Crippen LogP contribution >= 0.6 is 0 Å². The van der Waals surface area contributed by atoms with E-state index in [4.69, 9.17) is 4.52 Å². The van der Waals surface area contributed by atoms with Crippen LogP contribution in [0.25, 0.3) is 0 Å². The summed E-state index contributed by atoms with van der Waals surface area (Å²) in [5, 5.41) is 13.3. The van der Waals surface area contributed by atoms with Gasteiger partial charge in [0.15, 0.2) is 5.82 Å². The Morgan fingerprint density at radius 3 is 3.05 bits per heavy atom. The summed E-state index contributed by atoms with van der Waals surface area (Å²) in [7, 11) is 0. The Labute approximate surface area is 122 Å². The summed E-state index contributed by atoms with van der Waals surface area (Å²) < 4.78 is 5.12. The minimum absolute atomic E-state index is 0.388. The highest BCUT2D eigenvalue weighted by Crippen LogP contribution is 2.30. The Morgan fingerprint density at radius 2 is 2.33 bits per heavy atom. The second-order valence-corrected chi connectivity index (χ2v) is 5.09. The van der Waals surface area contributed by atoms with Gasteiger partial charge in [0.05, 0.1) is 12.1 Å². The van der Waals surface area contributed by atoms with Gasteiger partial charge in [0.25, 0.3) is 0 Å². The van der Waals surface area contributed by atoms with E-state index in [0.717, 1.165) is 30.6 Å². The van der Waals surface area contributed by atoms with Crippen molar-refractivity contribution in [2.24, 2.45) is 0 Å². The second-order valence-electron chi connectivity index (χ2n) is 5.09. The molecule has 0 spiro atoms. The molecule has 3 rings (SSSR count). The summed E-state index contributed by atoms with van der Waals surface area (Å²) in [6.45, 7) is 3.37. The van der Waals surface area contributed by atoms with Gasteiger partial charge < -0.3 is 14.5 Å². The first-order valence-corrected chi connectivity index (χ1v) is 7.10. The van der Waals surface area contributed by atoms with Crippen molar-refractivity contribution < 1.29 is 14.4 Å². The number of rotatable bonds is 4. The summed E-state index contributed by atoms with van der Waals surface area (Å²) in [4.78, 5) is 17.8. The highest BCUT2D eigenvalue weighted by molar-refractivity contribution is 5.91. The maximum atomic E-state index is 11.3. The van der Waals surface area contributed by atoms with Gasteiger partial charge in [0.1, 0.15) is 0 Å². The molecule has 1 aliphatic heterocycles. The zero-order chi connectivity index (χ0) is 14.8. The number of anilines is 1. The molecule has 2 heterocycles. The summed E-state index contributed by atoms with van der Waals surface area (Å²) in [6, 6.07) is 5.41. The first-order valence-electron chi connectivity index (χ1n) is 7.10. The lowest BCUT2D eigenvalue weighted by atomic mass is 9.96. The molecule has 21 heavy (non-hydrogen) atoms. The molecule has 1 aliphatic rings. The summed E-state index contributed by atoms with van der Waals surface area (Å²) >= 11 is 0. The maximum absolute atomic E-state index is 11.3. The molecule has 1 aromatic carbocycles. The molecule has 0 atom stereocenters. The number of nitrogens with zero attached hydrogens (tertiary/aromatic N) is 3. The number of aryl methyl sites for hydroxylation is 1. The molecule has 1 aromatic heterocycles. The van der Waals surface area contributed by atoms with Crippen LogP contribution in [-0.2, 0) is 19.4 Å². The fourth-order valence-electron chi connectivity index (χ4n) is 2.73. The topological polar surface area (TPSA) is 79.5 Å². The summed E-state index contributed by atoms with van der Waals surface area (Å²) in [5.41, 5.74) is 2.25. The van der Waals surface area contributed by atoms with Gasteiger partial charge in [-0.15, -0.1) is 0 Å². The molecule has 0 fully saturated rings. The second kappa shape index (κ2) is 5.55. The third-order valence-electron chi connectivity index (χ3n) is 3.72. The number of hydrogen-bond donors (Lipinski definition) is 1. The molecule has 0 saturated carbocycles. The minimum atomic E-state index is -0.874. The zero-order valence-electron chi connectivity index (χ0n) is 11.9. The average molecular weight is 287 g/mol. The molecule has 2 aromatic rings. The molecule has 0 amide bonds. The van der Waals surface area contributed by atoms with Crippen LogP contribution in [0.3, 0.4) is 0 Å². The molecule has 1 N–H and O–H groups in total. The summed E-state index contributed by atoms with van der Waals surface area (Å²) in [5.74, 6) is 0.392. The van der Waals surface area contributed by atoms with E-state index >= 15 is 0 Å². The minimum Gasteiger partial charge on any atom is -0.478 e. The summed E-state index contributed by atoms with van der Waals surface area (Å²) in [6.07, 6.45) is 2.43. The van der Waals surface area contributed by atoms with Crippen LogP contribution in [0.1, 0.15) is 41.0 Å². The van der Waals surface area contributed by atoms with Crippen LogP contribution in [0.5, 0.6) is 0 Å². The third-order valence-corrected chi connectivity index (χ3v) is 3.72. The van der Waals surface area contributed by atoms with Gasteiger partial charge in [0.2, 0.25) is 5.89 Å². The normalized spacial score (nSPS) is 14.0. The quantitative estimate of drug-likeness (QED) is 0.929. The van der Waals surface area contributed by atoms with Gasteiger partial charge in [-0.2, -0.15) is 4.98 Å². The predicted octanol–water partition coefficient (Wildman–Crippen LogP) is 2.28. The zero-order valence-corrected chi connectivity index (χ0v) is 11.9. The van der Waals surface area contributed by atoms with E-state index in [9.17, 15) is 9.90 Å². The van der Waals surface area contributed by atoms with Crippen molar-refractivity contribution in [2.75, 3.05) is 11.4 Å². The average Bonchev–Trinajstić information content (AvgIpc) is 2.94. The molecule has 0 bridgehead atoms. The SMILES string of the molecule is CCc1nc(CN2CCCc3c(C(=O)O)cccc32)no1. The van der Waals surface area contributed by atoms with Crippen LogP contribution in [-0.4, -0.2) is 27.8 Å². The van der Waals surface area contributed by atoms with E-state index in [-0.39, 0.29) is 0 Å². The van der Waals surface area contributed by atoms with E-state index in [0.29, 0.717) is 30.2 Å². The first kappa shape index (κ1) is 13.6. The number of benzene rings is 1. The van der Waals surface area contributed by atoms with Crippen molar-refractivity contribution in [3.8, 4) is 0 Å². The molecule has 110 valence electrons. The fraction of sp³-hybridized carbons (Fsp3) is 0.400. The van der Waals surface area contributed by atoms with Crippen LogP contribution in [0.2, 0.25) is 0 Å². The molecule has 0 aliphatic carbocycles. The van der Waals surface area contributed by atoms with Crippen LogP contribution in [0.4, 0.5) is 5.69 Å². The Hall–Kier alpha value is -2.37. The van der Waals surface area contributed by atoms with Crippen molar-refractivity contribution in [1.82, 2.24) is 10.1 Å². The molecule has 0 unspecified atom stereocenters. The number of aromatic carboxylic acids is 1. The number of hydrogen-bond acceptors (Lipinski definition) is 5. The Kier molecular flexibility index (Phi) is 3.60. The highest BCUT2D eigenvalue weighted by atomic mass is 16.5. The van der Waals surface area contributed by atoms with E-state index in [1.54, 1.807) is 12.1 Å². The van der Waals surface area contributed by atoms with Crippen molar-refractivity contribution in [3.63, 3.8) is 0 Å². The van der Waals surface area contributed by atoms with Gasteiger partial charge in [-0.3, -0.25) is 0 Å². The van der Waals surface area contributed by atoms with E-state index in [2.05, 4.69) is 15.0 Å². The number of carboxylic acids is 1. The Balaban J connectivity index is 1.90. The van der Waals surface area contributed by atoms with Gasteiger partial charge in [-0.25, -0.2) is 4.79 Å². The number of fused-ring (bicyclic) bond motifs is 1. The van der Waals surface area contributed by atoms with Crippen molar-refractivity contribution >= 4 is 11.7 Å². The smallest absolute Gasteiger partial charge is 0.336 e. The largest absolute Gasteiger partial charge is 0.478 e. The van der Waals surface area contributed by atoms with Gasteiger partial charge in [-0.1, -0.05) is 18.1 Å². The standard InChI is InChI=1S/C15H17N3O3/c1-2-14-16-13(17-21-14)9-18-8-4-6-10-11(15(19)20)5-3-7-12(10)18/h3,5,7H,2,4,6,8-9H2,1H3,(H,19,20). The lowest BCUT2D eigenvalue weighted by Crippen LogP contribution is -2.30. The Morgan fingerprint density at radius 1 is 1.48 bits per heavy atom. The number of carbonyl (C=O) groups is 1. The van der Waals surface area contributed by atoms with Crippen molar-refractivity contribution in [1.29, 1.82) is 0 Å². The molecule has 6 nitrogen and oxygen atoms in total. The lowest BCUT2D eigenvalue weighted by Gasteiger charge is -2.31. The lowest BCUT2D eigenvalue weighted by molar-refractivity contribution is 0.0695. The molecule has 0 radical (unpaired) electrons. The number of aromatic nitrogens is 2.